The number of nitrogens with one attached hydrogen (secondary N) is 1. The molecule has 7 fully saturated rings. The monoisotopic (exact) mass is 656 g/mol. The second-order valence-corrected chi connectivity index (χ2v) is 20.5. The van der Waals surface area contributed by atoms with E-state index in [1.165, 1.54) is 64.2 Å². The lowest BCUT2D eigenvalue weighted by Crippen LogP contribution is -2.63. The van der Waals surface area contributed by atoms with Crippen LogP contribution in [0.1, 0.15) is 119 Å². The second-order valence-electron chi connectivity index (χ2n) is 18.8. The first-order valence-electron chi connectivity index (χ1n) is 19.3. The lowest BCUT2D eigenvalue weighted by Gasteiger charge is -2.65. The van der Waals surface area contributed by atoms with Gasteiger partial charge in [0.15, 0.2) is 0 Å². The Kier molecular flexibility index (Phi) is 8.95. The number of hydrogen-bond donors (Lipinski definition) is 1. The van der Waals surface area contributed by atoms with E-state index in [-0.39, 0.29) is 34.7 Å². The first-order chi connectivity index (χ1) is 21.8. The van der Waals surface area contributed by atoms with Gasteiger partial charge in [0.05, 0.1) is 5.92 Å². The third-order valence-electron chi connectivity index (χ3n) is 16.5. The topological polar surface area (TPSA) is 75.7 Å². The molecular weight excluding hydrogens is 593 g/mol. The molecule has 0 amide bonds. The molecule has 12 atom stereocenters. The van der Waals surface area contributed by atoms with E-state index in [1.807, 2.05) is 0 Å². The Morgan fingerprint density at radius 1 is 0.891 bits per heavy atom. The molecule has 6 saturated carbocycles. The van der Waals surface area contributed by atoms with Crippen LogP contribution in [0.15, 0.2) is 0 Å². The standard InChI is InChI=1S/C39H64N2O4S/c1-25(41-18-20-46(44)21-19-41)23-40-39-15-7-8-31(39)29-9-11-30-28(27(29)13-17-39)10-12-33-37(4,5)34(14-16-38(30,33)6)45-35(43)32-22-26(24-42)36(32,2)3/h24-34,40H,7-23H2,1-6H3. The number of carbonyl (C=O) groups is 2. The van der Waals surface area contributed by atoms with Gasteiger partial charge >= 0.3 is 5.97 Å². The van der Waals surface area contributed by atoms with Crippen molar-refractivity contribution >= 4 is 23.1 Å². The quantitative estimate of drug-likeness (QED) is 0.245. The van der Waals surface area contributed by atoms with Crippen molar-refractivity contribution in [2.75, 3.05) is 31.1 Å². The fraction of sp³-hybridized carbons (Fsp3) is 0.949. The van der Waals surface area contributed by atoms with Gasteiger partial charge in [0.1, 0.15) is 12.4 Å². The minimum Gasteiger partial charge on any atom is -0.462 e. The summed E-state index contributed by atoms with van der Waals surface area (Å²) in [6.45, 7) is 17.0. The third kappa shape index (κ3) is 5.33. The summed E-state index contributed by atoms with van der Waals surface area (Å²) >= 11 is 0. The van der Waals surface area contributed by atoms with Crippen LogP contribution < -0.4 is 5.32 Å². The van der Waals surface area contributed by atoms with E-state index in [1.54, 1.807) is 0 Å². The maximum absolute atomic E-state index is 13.4. The predicted octanol–water partition coefficient (Wildman–Crippen LogP) is 6.63. The minimum absolute atomic E-state index is 0.0219. The van der Waals surface area contributed by atoms with Crippen LogP contribution in [-0.2, 0) is 25.1 Å². The molecule has 0 bridgehead atoms. The highest BCUT2D eigenvalue weighted by molar-refractivity contribution is 7.85. The minimum atomic E-state index is -0.610. The Morgan fingerprint density at radius 2 is 1.61 bits per heavy atom. The van der Waals surface area contributed by atoms with Crippen LogP contribution in [0.4, 0.5) is 0 Å². The van der Waals surface area contributed by atoms with Crippen molar-refractivity contribution in [3.05, 3.63) is 0 Å². The molecule has 1 N–H and O–H groups in total. The van der Waals surface area contributed by atoms with E-state index in [9.17, 15) is 13.8 Å². The van der Waals surface area contributed by atoms with Crippen molar-refractivity contribution in [2.45, 2.75) is 136 Å². The van der Waals surface area contributed by atoms with Crippen molar-refractivity contribution in [1.82, 2.24) is 10.2 Å². The number of carbonyl (C=O) groups excluding carboxylic acids is 2. The van der Waals surface area contributed by atoms with E-state index >= 15 is 0 Å². The molecule has 46 heavy (non-hydrogen) atoms. The summed E-state index contributed by atoms with van der Waals surface area (Å²) in [5, 5.41) is 4.25. The predicted molar refractivity (Wildman–Crippen MR) is 185 cm³/mol. The lowest BCUT2D eigenvalue weighted by molar-refractivity contribution is -0.206. The number of esters is 1. The number of hydrogen-bond acceptors (Lipinski definition) is 6. The second kappa shape index (κ2) is 12.2. The third-order valence-corrected chi connectivity index (χ3v) is 17.7. The zero-order chi connectivity index (χ0) is 32.6. The van der Waals surface area contributed by atoms with Crippen LogP contribution in [0.3, 0.4) is 0 Å². The molecule has 7 heteroatoms. The maximum Gasteiger partial charge on any atom is 0.309 e. The lowest BCUT2D eigenvalue weighted by atomic mass is 9.40. The van der Waals surface area contributed by atoms with Crippen LogP contribution in [0.5, 0.6) is 0 Å². The zero-order valence-electron chi connectivity index (χ0n) is 29.9. The van der Waals surface area contributed by atoms with Gasteiger partial charge in [0.2, 0.25) is 0 Å². The number of aldehydes is 1. The summed E-state index contributed by atoms with van der Waals surface area (Å²) in [5.74, 6) is 6.29. The fourth-order valence-electron chi connectivity index (χ4n) is 13.5. The molecule has 1 aliphatic heterocycles. The molecule has 12 unspecified atom stereocenters. The maximum atomic E-state index is 13.4. The van der Waals surface area contributed by atoms with Gasteiger partial charge in [-0.1, -0.05) is 41.0 Å². The van der Waals surface area contributed by atoms with E-state index in [0.717, 1.165) is 73.4 Å². The van der Waals surface area contributed by atoms with Gasteiger partial charge in [0.25, 0.3) is 0 Å². The number of ether oxygens (including phenoxy) is 1. The first-order valence-corrected chi connectivity index (χ1v) is 20.8. The highest BCUT2D eigenvalue weighted by Gasteiger charge is 2.63. The van der Waals surface area contributed by atoms with Gasteiger partial charge in [-0.05, 0) is 124 Å². The van der Waals surface area contributed by atoms with Gasteiger partial charge in [-0.15, -0.1) is 0 Å². The number of nitrogens with zero attached hydrogens (tertiary/aromatic N) is 1. The van der Waals surface area contributed by atoms with Crippen molar-refractivity contribution in [3.8, 4) is 0 Å². The van der Waals surface area contributed by atoms with Crippen LogP contribution >= 0.6 is 0 Å². The smallest absolute Gasteiger partial charge is 0.309 e. The number of rotatable bonds is 7. The fourth-order valence-corrected chi connectivity index (χ4v) is 14.6. The molecule has 1 saturated heterocycles. The largest absolute Gasteiger partial charge is 0.462 e. The SMILES string of the molecule is CC(CNC12CCCC1C1CCC3C(CCC4C(C)(C)C(OC(=O)C5CC(C=O)C5(C)C)CCC34C)C1CC2)N1CCS(=O)CC1. The van der Waals surface area contributed by atoms with Crippen LogP contribution in [0.2, 0.25) is 0 Å². The molecule has 7 rings (SSSR count). The average molecular weight is 657 g/mol. The molecule has 260 valence electrons. The molecule has 0 spiro atoms. The van der Waals surface area contributed by atoms with Crippen molar-refractivity contribution in [3.63, 3.8) is 0 Å². The van der Waals surface area contributed by atoms with Gasteiger partial charge in [-0.25, -0.2) is 0 Å². The van der Waals surface area contributed by atoms with Crippen molar-refractivity contribution < 1.29 is 18.5 Å². The van der Waals surface area contributed by atoms with Gasteiger partial charge in [-0.3, -0.25) is 13.9 Å². The van der Waals surface area contributed by atoms with E-state index < -0.39 is 10.8 Å². The average Bonchev–Trinajstić information content (AvgIpc) is 3.46. The molecule has 7 aliphatic rings. The van der Waals surface area contributed by atoms with Crippen LogP contribution in [0, 0.1) is 63.6 Å². The summed E-state index contributed by atoms with van der Waals surface area (Å²) in [4.78, 5) is 27.5. The van der Waals surface area contributed by atoms with E-state index in [0.29, 0.717) is 29.3 Å². The summed E-state index contributed by atoms with van der Waals surface area (Å²) in [6, 6.07) is 0.517. The Bertz CT molecular complexity index is 1190. The molecular formula is C39H64N2O4S. The zero-order valence-corrected chi connectivity index (χ0v) is 30.7. The Morgan fingerprint density at radius 3 is 2.33 bits per heavy atom. The highest BCUT2D eigenvalue weighted by Crippen LogP contribution is 2.68. The van der Waals surface area contributed by atoms with E-state index in [2.05, 4.69) is 51.8 Å². The number of fused-ring (bicyclic) bond motifs is 7. The summed E-state index contributed by atoms with van der Waals surface area (Å²) in [7, 11) is -0.610. The van der Waals surface area contributed by atoms with Gasteiger partial charge in [0, 0.05) is 64.9 Å². The van der Waals surface area contributed by atoms with Crippen LogP contribution in [-0.4, -0.2) is 70.2 Å². The van der Waals surface area contributed by atoms with Crippen molar-refractivity contribution in [1.29, 1.82) is 0 Å². The van der Waals surface area contributed by atoms with Gasteiger partial charge in [-0.2, -0.15) is 0 Å². The molecule has 0 aromatic carbocycles. The summed E-state index contributed by atoms with van der Waals surface area (Å²) in [6.07, 6.45) is 16.1. The highest BCUT2D eigenvalue weighted by atomic mass is 32.2. The Balaban J connectivity index is 1.00. The summed E-state index contributed by atoms with van der Waals surface area (Å²) < 4.78 is 18.3. The Labute approximate surface area is 282 Å². The molecule has 6 aliphatic carbocycles. The molecule has 6 nitrogen and oxygen atoms in total. The summed E-state index contributed by atoms with van der Waals surface area (Å²) in [5.41, 5.74) is 0.352. The Hall–Kier alpha value is -0.790. The molecule has 0 aromatic rings. The molecule has 0 aromatic heterocycles. The van der Waals surface area contributed by atoms with Crippen molar-refractivity contribution in [2.24, 2.45) is 63.6 Å². The molecule has 1 heterocycles. The van der Waals surface area contributed by atoms with E-state index in [4.69, 9.17) is 4.74 Å². The van der Waals surface area contributed by atoms with Crippen LogP contribution in [0.25, 0.3) is 0 Å². The molecule has 0 radical (unpaired) electrons. The normalized spacial score (nSPS) is 47.3. The first kappa shape index (κ1) is 33.7. The van der Waals surface area contributed by atoms with Gasteiger partial charge < -0.3 is 14.8 Å².